The highest BCUT2D eigenvalue weighted by molar-refractivity contribution is 7.90. The number of hydrogen-bond donors (Lipinski definition) is 0. The van der Waals surface area contributed by atoms with E-state index in [1.807, 2.05) is 32.4 Å². The number of carbonyl (C=O) groups excluding carboxylic acids is 1. The number of carbonyl (C=O) groups is 1. The summed E-state index contributed by atoms with van der Waals surface area (Å²) in [5.74, 6) is -0.175. The largest absolute Gasteiger partial charge is 0.444 e. The Balaban J connectivity index is 1.40. The third-order valence-corrected chi connectivity index (χ3v) is 8.81. The number of nitrogens with zero attached hydrogens (tertiary/aromatic N) is 4. The third kappa shape index (κ3) is 5.43. The zero-order chi connectivity index (χ0) is 27.9. The second-order valence-corrected chi connectivity index (χ2v) is 12.9. The maximum atomic E-state index is 14.3. The summed E-state index contributed by atoms with van der Waals surface area (Å²) in [5.41, 5.74) is 2.11. The maximum absolute atomic E-state index is 14.3. The minimum Gasteiger partial charge on any atom is -0.444 e. The van der Waals surface area contributed by atoms with E-state index in [0.29, 0.717) is 36.5 Å². The molecule has 0 N–H and O–H groups in total. The lowest BCUT2D eigenvalue weighted by molar-refractivity contribution is 0.0177. The Morgan fingerprint density at radius 2 is 1.77 bits per heavy atom. The van der Waals surface area contributed by atoms with Crippen LogP contribution in [0, 0.1) is 18.7 Å². The predicted octanol–water partition coefficient (Wildman–Crippen LogP) is 5.84. The fourth-order valence-corrected chi connectivity index (χ4v) is 6.44. The second kappa shape index (κ2) is 10.1. The first-order valence-electron chi connectivity index (χ1n) is 13.1. The van der Waals surface area contributed by atoms with Crippen LogP contribution in [0.4, 0.5) is 9.18 Å². The van der Waals surface area contributed by atoms with Crippen molar-refractivity contribution < 1.29 is 22.3 Å². The second-order valence-electron chi connectivity index (χ2n) is 11.1. The molecule has 1 saturated heterocycles. The minimum atomic E-state index is -3.94. The minimum absolute atomic E-state index is 0.128. The highest BCUT2D eigenvalue weighted by Gasteiger charge is 2.28. The summed E-state index contributed by atoms with van der Waals surface area (Å²) >= 11 is 0. The van der Waals surface area contributed by atoms with Crippen molar-refractivity contribution in [1.82, 2.24) is 18.7 Å². The van der Waals surface area contributed by atoms with Crippen LogP contribution in [0.25, 0.3) is 22.0 Å². The van der Waals surface area contributed by atoms with Crippen molar-refractivity contribution in [2.24, 2.45) is 5.92 Å². The summed E-state index contributed by atoms with van der Waals surface area (Å²) in [5, 5.41) is 5.25. The van der Waals surface area contributed by atoms with Crippen LogP contribution in [0.15, 0.2) is 65.8 Å². The molecule has 0 bridgehead atoms. The first kappa shape index (κ1) is 26.9. The number of amides is 1. The molecule has 0 spiro atoms. The highest BCUT2D eigenvalue weighted by atomic mass is 32.2. The quantitative estimate of drug-likeness (QED) is 0.311. The zero-order valence-corrected chi connectivity index (χ0v) is 23.4. The van der Waals surface area contributed by atoms with E-state index < -0.39 is 21.4 Å². The number of benzene rings is 2. The third-order valence-electron chi connectivity index (χ3n) is 7.12. The van der Waals surface area contributed by atoms with Crippen molar-refractivity contribution in [2.75, 3.05) is 13.1 Å². The molecular formula is C29H33FN4O4S. The standard InChI is InChI=1S/C29H33FN4O4S/c1-20-25(17-31-33(20)18-21-12-14-32(15-13-21)28(35)38-29(2,3)4)26-19-34(27-16-22(30)10-11-24(26)27)39(36,37)23-8-6-5-7-9-23/h5-11,16-17,19,21H,12-15,18H2,1-4H3. The van der Waals surface area contributed by atoms with E-state index in [0.717, 1.165) is 28.1 Å². The molecule has 5 rings (SSSR count). The van der Waals surface area contributed by atoms with Gasteiger partial charge in [-0.2, -0.15) is 5.10 Å². The fraction of sp³-hybridized carbons (Fsp3) is 0.379. The van der Waals surface area contributed by atoms with E-state index in [-0.39, 0.29) is 16.5 Å². The van der Waals surface area contributed by atoms with Gasteiger partial charge in [0.15, 0.2) is 0 Å². The van der Waals surface area contributed by atoms with E-state index >= 15 is 0 Å². The summed E-state index contributed by atoms with van der Waals surface area (Å²) in [6.45, 7) is 9.48. The topological polar surface area (TPSA) is 86.4 Å². The number of halogens is 1. The molecule has 1 fully saturated rings. The van der Waals surface area contributed by atoms with E-state index in [9.17, 15) is 17.6 Å². The van der Waals surface area contributed by atoms with Crippen LogP contribution in [0.3, 0.4) is 0 Å². The van der Waals surface area contributed by atoms with Gasteiger partial charge in [-0.3, -0.25) is 4.68 Å². The number of ether oxygens (including phenoxy) is 1. The van der Waals surface area contributed by atoms with Crippen LogP contribution >= 0.6 is 0 Å². The van der Waals surface area contributed by atoms with E-state index in [1.54, 1.807) is 41.6 Å². The van der Waals surface area contributed by atoms with E-state index in [4.69, 9.17) is 4.74 Å². The molecule has 0 aliphatic carbocycles. The lowest BCUT2D eigenvalue weighted by atomic mass is 9.97. The Bertz CT molecular complexity index is 1610. The Labute approximate surface area is 228 Å². The zero-order valence-electron chi connectivity index (χ0n) is 22.6. The van der Waals surface area contributed by atoms with Crippen LogP contribution < -0.4 is 0 Å². The fourth-order valence-electron chi connectivity index (χ4n) is 5.05. The SMILES string of the molecule is Cc1c(-c2cn(S(=O)(=O)c3ccccc3)c3cc(F)ccc23)cnn1CC1CCN(C(=O)OC(C)(C)C)CC1. The Hall–Kier alpha value is -3.66. The normalized spacial score (nSPS) is 15.2. The smallest absolute Gasteiger partial charge is 0.410 e. The molecule has 0 unspecified atom stereocenters. The molecule has 39 heavy (non-hydrogen) atoms. The van der Waals surface area contributed by atoms with Crippen molar-refractivity contribution in [3.05, 3.63) is 72.4 Å². The summed E-state index contributed by atoms with van der Waals surface area (Å²) in [4.78, 5) is 14.3. The number of likely N-dealkylation sites (tertiary alicyclic amines) is 1. The molecule has 1 aliphatic heterocycles. The molecule has 0 radical (unpaired) electrons. The van der Waals surface area contributed by atoms with Gasteiger partial charge in [0, 0.05) is 48.0 Å². The van der Waals surface area contributed by atoms with Gasteiger partial charge in [-0.15, -0.1) is 0 Å². The molecule has 2 aromatic carbocycles. The van der Waals surface area contributed by atoms with Gasteiger partial charge in [0.05, 0.1) is 16.6 Å². The number of piperidine rings is 1. The van der Waals surface area contributed by atoms with Gasteiger partial charge in [-0.1, -0.05) is 18.2 Å². The van der Waals surface area contributed by atoms with Gasteiger partial charge >= 0.3 is 6.09 Å². The Morgan fingerprint density at radius 1 is 1.08 bits per heavy atom. The number of rotatable bonds is 5. The average Bonchev–Trinajstić information content (AvgIpc) is 3.44. The monoisotopic (exact) mass is 552 g/mol. The van der Waals surface area contributed by atoms with Gasteiger partial charge in [0.25, 0.3) is 10.0 Å². The van der Waals surface area contributed by atoms with Gasteiger partial charge < -0.3 is 9.64 Å². The highest BCUT2D eigenvalue weighted by Crippen LogP contribution is 2.35. The van der Waals surface area contributed by atoms with Gasteiger partial charge in [-0.05, 0) is 76.8 Å². The number of hydrogen-bond acceptors (Lipinski definition) is 5. The molecule has 8 nitrogen and oxygen atoms in total. The summed E-state index contributed by atoms with van der Waals surface area (Å²) in [6.07, 6.45) is 4.68. The molecule has 3 heterocycles. The molecule has 206 valence electrons. The molecule has 2 aromatic heterocycles. The van der Waals surface area contributed by atoms with Crippen LogP contribution in [0.5, 0.6) is 0 Å². The van der Waals surface area contributed by atoms with E-state index in [2.05, 4.69) is 5.10 Å². The molecule has 0 atom stereocenters. The first-order valence-corrected chi connectivity index (χ1v) is 14.5. The maximum Gasteiger partial charge on any atom is 0.410 e. The van der Waals surface area contributed by atoms with Crippen LogP contribution in [-0.2, 0) is 21.3 Å². The molecule has 1 amide bonds. The lowest BCUT2D eigenvalue weighted by Crippen LogP contribution is -2.42. The summed E-state index contributed by atoms with van der Waals surface area (Å²) < 4.78 is 49.8. The average molecular weight is 553 g/mol. The van der Waals surface area contributed by atoms with Gasteiger partial charge in [-0.25, -0.2) is 21.6 Å². The molecule has 0 saturated carbocycles. The van der Waals surface area contributed by atoms with Crippen molar-refractivity contribution >= 4 is 27.0 Å². The Kier molecular flexibility index (Phi) is 7.00. The summed E-state index contributed by atoms with van der Waals surface area (Å²) in [7, 11) is -3.94. The van der Waals surface area contributed by atoms with Crippen LogP contribution in [0.2, 0.25) is 0 Å². The van der Waals surface area contributed by atoms with Crippen molar-refractivity contribution in [3.8, 4) is 11.1 Å². The van der Waals surface area contributed by atoms with Gasteiger partial charge in [0.2, 0.25) is 0 Å². The Morgan fingerprint density at radius 3 is 2.44 bits per heavy atom. The van der Waals surface area contributed by atoms with E-state index in [1.165, 1.54) is 24.3 Å². The number of aromatic nitrogens is 3. The number of fused-ring (bicyclic) bond motifs is 1. The molecule has 4 aromatic rings. The lowest BCUT2D eigenvalue weighted by Gasteiger charge is -2.33. The predicted molar refractivity (Wildman–Crippen MR) is 147 cm³/mol. The molecular weight excluding hydrogens is 519 g/mol. The van der Waals surface area contributed by atoms with Crippen molar-refractivity contribution in [3.63, 3.8) is 0 Å². The van der Waals surface area contributed by atoms with Crippen molar-refractivity contribution in [1.29, 1.82) is 0 Å². The first-order chi connectivity index (χ1) is 18.4. The van der Waals surface area contributed by atoms with Gasteiger partial charge in [0.1, 0.15) is 11.4 Å². The molecule has 1 aliphatic rings. The van der Waals surface area contributed by atoms with Crippen LogP contribution in [-0.4, -0.2) is 51.9 Å². The summed E-state index contributed by atoms with van der Waals surface area (Å²) in [6, 6.07) is 12.3. The van der Waals surface area contributed by atoms with Crippen molar-refractivity contribution in [2.45, 2.75) is 57.6 Å². The molecule has 10 heteroatoms. The van der Waals surface area contributed by atoms with Crippen LogP contribution in [0.1, 0.15) is 39.3 Å².